The van der Waals surface area contributed by atoms with Crippen molar-refractivity contribution in [2.75, 3.05) is 6.61 Å². The van der Waals surface area contributed by atoms with E-state index in [1.54, 1.807) is 0 Å². The topological polar surface area (TPSA) is 75.7 Å². The maximum atomic E-state index is 10.2. The van der Waals surface area contributed by atoms with Crippen molar-refractivity contribution in [2.45, 2.75) is 6.92 Å². The summed E-state index contributed by atoms with van der Waals surface area (Å²) in [6.07, 6.45) is 0. The van der Waals surface area contributed by atoms with Gasteiger partial charge in [-0.25, -0.2) is 8.42 Å². The third kappa shape index (κ3) is 3.63. The standard InChI is InChI=1S/C8H10O5S/c1-2-12-7-3-5-8(6-4-7)13-14(9,10)11/h3-6H,2H2,1H3,(H,9,10,11)/p-1. The van der Waals surface area contributed by atoms with Crippen LogP contribution in [0.1, 0.15) is 6.92 Å². The Bertz CT molecular complexity index is 381. The van der Waals surface area contributed by atoms with Crippen LogP contribution in [0.2, 0.25) is 0 Å². The predicted molar refractivity (Wildman–Crippen MR) is 47.9 cm³/mol. The quantitative estimate of drug-likeness (QED) is 0.553. The molecule has 14 heavy (non-hydrogen) atoms. The maximum absolute atomic E-state index is 10.2. The molecule has 1 aromatic rings. The van der Waals surface area contributed by atoms with Crippen molar-refractivity contribution in [1.29, 1.82) is 0 Å². The van der Waals surface area contributed by atoms with Gasteiger partial charge in [-0.2, -0.15) is 0 Å². The fourth-order valence-electron chi connectivity index (χ4n) is 0.876. The molecule has 78 valence electrons. The molecular formula is C8H9O5S-. The molecule has 5 nitrogen and oxygen atoms in total. The molecule has 0 saturated heterocycles. The van der Waals surface area contributed by atoms with Crippen molar-refractivity contribution in [3.63, 3.8) is 0 Å². The molecule has 1 aromatic carbocycles. The zero-order valence-corrected chi connectivity index (χ0v) is 8.28. The smallest absolute Gasteiger partial charge is 0.262 e. The van der Waals surface area contributed by atoms with Gasteiger partial charge < -0.3 is 13.5 Å². The molecule has 0 unspecified atom stereocenters. The van der Waals surface area contributed by atoms with Crippen molar-refractivity contribution in [1.82, 2.24) is 0 Å². The minimum Gasteiger partial charge on any atom is -0.716 e. The van der Waals surface area contributed by atoms with Gasteiger partial charge in [0.05, 0.1) is 6.61 Å². The van der Waals surface area contributed by atoms with Gasteiger partial charge in [-0.3, -0.25) is 0 Å². The van der Waals surface area contributed by atoms with Crippen molar-refractivity contribution in [3.05, 3.63) is 24.3 Å². The van der Waals surface area contributed by atoms with Crippen LogP contribution < -0.4 is 8.92 Å². The van der Waals surface area contributed by atoms with Gasteiger partial charge in [-0.15, -0.1) is 0 Å². The van der Waals surface area contributed by atoms with Crippen LogP contribution >= 0.6 is 0 Å². The van der Waals surface area contributed by atoms with E-state index in [0.29, 0.717) is 12.4 Å². The summed E-state index contributed by atoms with van der Waals surface area (Å²) >= 11 is 0. The highest BCUT2D eigenvalue weighted by Gasteiger charge is 1.99. The number of ether oxygens (including phenoxy) is 1. The Hall–Kier alpha value is -1.27. The van der Waals surface area contributed by atoms with E-state index in [9.17, 15) is 13.0 Å². The van der Waals surface area contributed by atoms with E-state index in [4.69, 9.17) is 4.74 Å². The first-order valence-electron chi connectivity index (χ1n) is 3.89. The minimum atomic E-state index is -4.69. The molecule has 0 aromatic heterocycles. The average Bonchev–Trinajstić information content (AvgIpc) is 2.06. The summed E-state index contributed by atoms with van der Waals surface area (Å²) in [7, 11) is -4.69. The van der Waals surface area contributed by atoms with Crippen LogP contribution in [0.3, 0.4) is 0 Å². The van der Waals surface area contributed by atoms with Gasteiger partial charge in [0, 0.05) is 0 Å². The summed E-state index contributed by atoms with van der Waals surface area (Å²) in [5.41, 5.74) is 0. The predicted octanol–water partition coefficient (Wildman–Crippen LogP) is 0.924. The van der Waals surface area contributed by atoms with Gasteiger partial charge in [0.15, 0.2) is 0 Å². The molecule has 0 atom stereocenters. The van der Waals surface area contributed by atoms with Gasteiger partial charge >= 0.3 is 0 Å². The fourth-order valence-corrected chi connectivity index (χ4v) is 1.22. The van der Waals surface area contributed by atoms with Crippen LogP contribution in [0.15, 0.2) is 24.3 Å². The van der Waals surface area contributed by atoms with Crippen LogP contribution in [0, 0.1) is 0 Å². The Morgan fingerprint density at radius 1 is 1.21 bits per heavy atom. The van der Waals surface area contributed by atoms with Crippen LogP contribution in [0.25, 0.3) is 0 Å². The van der Waals surface area contributed by atoms with Crippen molar-refractivity contribution < 1.29 is 21.9 Å². The SMILES string of the molecule is CCOc1ccc(OS(=O)(=O)[O-])cc1. The Kier molecular flexibility index (Phi) is 3.32. The van der Waals surface area contributed by atoms with E-state index in [-0.39, 0.29) is 5.75 Å². The lowest BCUT2D eigenvalue weighted by atomic mass is 10.3. The Balaban J connectivity index is 2.74. The summed E-state index contributed by atoms with van der Waals surface area (Å²) in [5, 5.41) is 0. The van der Waals surface area contributed by atoms with Crippen LogP contribution in [-0.2, 0) is 10.4 Å². The number of hydrogen-bond acceptors (Lipinski definition) is 5. The van der Waals surface area contributed by atoms with E-state index in [1.807, 2.05) is 6.92 Å². The Morgan fingerprint density at radius 3 is 2.14 bits per heavy atom. The number of hydrogen-bond donors (Lipinski definition) is 0. The average molecular weight is 217 g/mol. The van der Waals surface area contributed by atoms with Gasteiger partial charge in [0.2, 0.25) is 0 Å². The van der Waals surface area contributed by atoms with E-state index in [2.05, 4.69) is 4.18 Å². The zero-order chi connectivity index (χ0) is 10.6. The summed E-state index contributed by atoms with van der Waals surface area (Å²) in [5.74, 6) is 0.562. The van der Waals surface area contributed by atoms with Gasteiger partial charge in [0.25, 0.3) is 10.4 Å². The first-order valence-corrected chi connectivity index (χ1v) is 5.23. The van der Waals surface area contributed by atoms with Crippen LogP contribution in [0.4, 0.5) is 0 Å². The summed E-state index contributed by atoms with van der Waals surface area (Å²) in [6, 6.07) is 5.73. The molecule has 0 spiro atoms. The van der Waals surface area contributed by atoms with Crippen molar-refractivity contribution in [3.8, 4) is 11.5 Å². The summed E-state index contributed by atoms with van der Waals surface area (Å²) < 4.78 is 39.8. The molecule has 0 N–H and O–H groups in total. The van der Waals surface area contributed by atoms with Crippen molar-refractivity contribution in [2.24, 2.45) is 0 Å². The Morgan fingerprint density at radius 2 is 1.71 bits per heavy atom. The molecule has 0 aliphatic heterocycles. The summed E-state index contributed by atoms with van der Waals surface area (Å²) in [6.45, 7) is 2.34. The zero-order valence-electron chi connectivity index (χ0n) is 7.47. The number of rotatable bonds is 4. The third-order valence-electron chi connectivity index (χ3n) is 1.33. The second kappa shape index (κ2) is 4.30. The third-order valence-corrected chi connectivity index (χ3v) is 1.73. The Labute approximate surface area is 82.2 Å². The summed E-state index contributed by atoms with van der Waals surface area (Å²) in [4.78, 5) is 0. The molecule has 6 heteroatoms. The normalized spacial score (nSPS) is 11.0. The van der Waals surface area contributed by atoms with Gasteiger partial charge in [-0.05, 0) is 31.2 Å². The maximum Gasteiger partial charge on any atom is 0.262 e. The first kappa shape index (κ1) is 10.8. The first-order chi connectivity index (χ1) is 6.51. The highest BCUT2D eigenvalue weighted by molar-refractivity contribution is 7.81. The molecular weight excluding hydrogens is 208 g/mol. The van der Waals surface area contributed by atoms with Gasteiger partial charge in [-0.1, -0.05) is 0 Å². The monoisotopic (exact) mass is 217 g/mol. The molecule has 0 aliphatic rings. The van der Waals surface area contributed by atoms with Crippen LogP contribution in [0.5, 0.6) is 11.5 Å². The highest BCUT2D eigenvalue weighted by Crippen LogP contribution is 2.18. The minimum absolute atomic E-state index is 0.0246. The second-order valence-electron chi connectivity index (χ2n) is 2.40. The second-order valence-corrected chi connectivity index (χ2v) is 3.38. The molecule has 0 aliphatic carbocycles. The largest absolute Gasteiger partial charge is 0.716 e. The molecule has 0 bridgehead atoms. The molecule has 0 fully saturated rings. The van der Waals surface area contributed by atoms with Crippen LogP contribution in [-0.4, -0.2) is 19.6 Å². The van der Waals surface area contributed by atoms with E-state index in [1.165, 1.54) is 24.3 Å². The van der Waals surface area contributed by atoms with Crippen molar-refractivity contribution >= 4 is 10.4 Å². The number of benzene rings is 1. The highest BCUT2D eigenvalue weighted by atomic mass is 32.3. The lowest BCUT2D eigenvalue weighted by Crippen LogP contribution is -2.06. The molecule has 0 radical (unpaired) electrons. The van der Waals surface area contributed by atoms with E-state index >= 15 is 0 Å². The van der Waals surface area contributed by atoms with Gasteiger partial charge in [0.1, 0.15) is 11.5 Å². The van der Waals surface area contributed by atoms with E-state index < -0.39 is 10.4 Å². The molecule has 1 rings (SSSR count). The lowest BCUT2D eigenvalue weighted by Gasteiger charge is -2.09. The fraction of sp³-hybridized carbons (Fsp3) is 0.250. The molecule has 0 amide bonds. The lowest BCUT2D eigenvalue weighted by molar-refractivity contribution is 0.339. The molecule has 0 heterocycles. The van der Waals surface area contributed by atoms with E-state index in [0.717, 1.165) is 0 Å². The molecule has 0 saturated carbocycles.